The van der Waals surface area contributed by atoms with Crippen molar-refractivity contribution in [2.45, 2.75) is 18.5 Å². The number of hydrogen-bond acceptors (Lipinski definition) is 7. The summed E-state index contributed by atoms with van der Waals surface area (Å²) in [5, 5.41) is 5.45. The van der Waals surface area contributed by atoms with E-state index in [1.165, 1.54) is 25.4 Å². The molecule has 1 atom stereocenters. The van der Waals surface area contributed by atoms with Crippen LogP contribution in [-0.4, -0.2) is 62.4 Å². The molecule has 0 saturated carbocycles. The second kappa shape index (κ2) is 8.87. The summed E-state index contributed by atoms with van der Waals surface area (Å²) in [5.74, 6) is -3.17. The highest BCUT2D eigenvalue weighted by Gasteiger charge is 2.38. The van der Waals surface area contributed by atoms with E-state index in [1.54, 1.807) is 0 Å². The van der Waals surface area contributed by atoms with Crippen molar-refractivity contribution in [3.05, 3.63) is 35.5 Å². The molecule has 2 aliphatic heterocycles. The number of rotatable bonds is 6. The van der Waals surface area contributed by atoms with E-state index >= 15 is 0 Å². The van der Waals surface area contributed by atoms with Crippen LogP contribution in [-0.2, 0) is 15.4 Å². The first-order valence-electron chi connectivity index (χ1n) is 9.90. The first kappa shape index (κ1) is 22.2. The molecule has 0 bridgehead atoms. The summed E-state index contributed by atoms with van der Waals surface area (Å²) in [7, 11) is 1.17. The van der Waals surface area contributed by atoms with Gasteiger partial charge >= 0.3 is 6.09 Å². The number of anilines is 2. The molecule has 2 N–H and O–H groups in total. The number of hydrogen-bond donors (Lipinski definition) is 2. The molecule has 32 heavy (non-hydrogen) atoms. The van der Waals surface area contributed by atoms with Gasteiger partial charge in [-0.3, -0.25) is 5.32 Å². The Morgan fingerprint density at radius 2 is 2.06 bits per heavy atom. The molecule has 4 heterocycles. The fraction of sp³-hybridized carbons (Fsp3) is 0.450. The number of nitrogens with one attached hydrogen (secondary N) is 2. The molecule has 0 unspecified atom stereocenters. The van der Waals surface area contributed by atoms with Gasteiger partial charge in [-0.15, -0.1) is 0 Å². The zero-order valence-electron chi connectivity index (χ0n) is 17.1. The average Bonchev–Trinajstić information content (AvgIpc) is 2.78. The number of nitrogens with zero attached hydrogens (tertiary/aromatic N) is 3. The van der Waals surface area contributed by atoms with Crippen molar-refractivity contribution < 1.29 is 31.8 Å². The predicted octanol–water partition coefficient (Wildman–Crippen LogP) is 3.16. The van der Waals surface area contributed by atoms with E-state index in [2.05, 4.69) is 25.3 Å². The lowest BCUT2D eigenvalue weighted by Gasteiger charge is -2.30. The van der Waals surface area contributed by atoms with Crippen LogP contribution in [0.2, 0.25) is 0 Å². The number of halogens is 4. The average molecular weight is 455 g/mol. The minimum atomic E-state index is -3.34. The monoisotopic (exact) mass is 455 g/mol. The fourth-order valence-electron chi connectivity index (χ4n) is 3.75. The molecule has 2 aliphatic rings. The van der Waals surface area contributed by atoms with Crippen LogP contribution in [0.15, 0.2) is 24.4 Å². The van der Waals surface area contributed by atoms with Crippen LogP contribution >= 0.6 is 0 Å². The predicted molar refractivity (Wildman–Crippen MR) is 107 cm³/mol. The summed E-state index contributed by atoms with van der Waals surface area (Å²) in [4.78, 5) is 21.9. The lowest BCUT2D eigenvalue weighted by molar-refractivity contribution is -0.0697. The van der Waals surface area contributed by atoms with E-state index in [-0.39, 0.29) is 34.0 Å². The molecule has 1 amide bonds. The van der Waals surface area contributed by atoms with Gasteiger partial charge < -0.3 is 19.7 Å². The van der Waals surface area contributed by atoms with Gasteiger partial charge in [-0.2, -0.15) is 8.78 Å². The number of alkyl halides is 4. The quantitative estimate of drug-likeness (QED) is 0.647. The molecule has 172 valence electrons. The van der Waals surface area contributed by atoms with Crippen molar-refractivity contribution in [3.63, 3.8) is 0 Å². The number of cyclic esters (lactones) is 1. The number of piperazine rings is 1. The van der Waals surface area contributed by atoms with Crippen LogP contribution in [0.25, 0.3) is 11.3 Å². The number of amides is 1. The summed E-state index contributed by atoms with van der Waals surface area (Å²) >= 11 is 0. The highest BCUT2D eigenvalue weighted by molar-refractivity contribution is 5.89. The zero-order chi connectivity index (χ0) is 22.9. The molecular formula is C20H21F4N5O3. The molecule has 1 fully saturated rings. The van der Waals surface area contributed by atoms with Crippen molar-refractivity contribution in [1.29, 1.82) is 0 Å². The molecular weight excluding hydrogens is 434 g/mol. The number of ether oxygens (including phenoxy) is 2. The van der Waals surface area contributed by atoms with Crippen LogP contribution in [0.3, 0.4) is 0 Å². The number of aromatic nitrogens is 2. The van der Waals surface area contributed by atoms with E-state index in [4.69, 9.17) is 4.74 Å². The highest BCUT2D eigenvalue weighted by Crippen LogP contribution is 2.41. The maximum Gasteiger partial charge on any atom is 0.413 e. The number of fused-ring (bicyclic) bond motifs is 1. The molecule has 0 spiro atoms. The van der Waals surface area contributed by atoms with Crippen molar-refractivity contribution >= 4 is 17.7 Å². The Labute approximate surface area is 180 Å². The van der Waals surface area contributed by atoms with Crippen LogP contribution in [0.4, 0.5) is 34.0 Å². The number of methoxy groups -OCH3 is 1. The first-order valence-corrected chi connectivity index (χ1v) is 9.90. The second-order valence-corrected chi connectivity index (χ2v) is 7.38. The van der Waals surface area contributed by atoms with E-state index in [0.717, 1.165) is 6.07 Å². The van der Waals surface area contributed by atoms with Crippen LogP contribution in [0, 0.1) is 0 Å². The summed E-state index contributed by atoms with van der Waals surface area (Å²) < 4.78 is 66.4. The van der Waals surface area contributed by atoms with Crippen molar-refractivity contribution in [1.82, 2.24) is 15.3 Å². The minimum Gasteiger partial charge on any atom is -0.435 e. The highest BCUT2D eigenvalue weighted by atomic mass is 19.3. The standard InChI is InChI=1S/C20H21F4N5O3/c1-31-10-20(23,24)11-8-13(27-14(9-11)29-6-4-25-5-7-29)12-2-3-26-18-15(12)16(17(21)22)32-19(30)28-18/h2-3,8-9,16-17,25H,4-7,10H2,1H3,(H,26,28,30)/t16-/m1/s1. The van der Waals surface area contributed by atoms with Crippen LogP contribution in [0.5, 0.6) is 0 Å². The molecule has 4 rings (SSSR count). The van der Waals surface area contributed by atoms with Gasteiger partial charge in [0.05, 0.1) is 11.3 Å². The van der Waals surface area contributed by atoms with Gasteiger partial charge in [-0.25, -0.2) is 23.5 Å². The van der Waals surface area contributed by atoms with Gasteiger partial charge in [0.2, 0.25) is 0 Å². The molecule has 0 aliphatic carbocycles. The van der Waals surface area contributed by atoms with Crippen molar-refractivity contribution in [3.8, 4) is 11.3 Å². The van der Waals surface area contributed by atoms with E-state index < -0.39 is 31.2 Å². The summed E-state index contributed by atoms with van der Waals surface area (Å²) in [6.45, 7) is 1.52. The van der Waals surface area contributed by atoms with Gasteiger partial charge in [0, 0.05) is 50.6 Å². The third kappa shape index (κ3) is 4.32. The Morgan fingerprint density at radius 3 is 2.75 bits per heavy atom. The summed E-state index contributed by atoms with van der Waals surface area (Å²) in [6.07, 6.45) is -4.74. The Morgan fingerprint density at radius 1 is 1.31 bits per heavy atom. The molecule has 0 radical (unpaired) electrons. The second-order valence-electron chi connectivity index (χ2n) is 7.38. The summed E-state index contributed by atoms with van der Waals surface area (Å²) in [6, 6.07) is 3.81. The lowest BCUT2D eigenvalue weighted by atomic mass is 9.97. The van der Waals surface area contributed by atoms with Crippen molar-refractivity contribution in [2.24, 2.45) is 0 Å². The lowest BCUT2D eigenvalue weighted by Crippen LogP contribution is -2.44. The van der Waals surface area contributed by atoms with Gasteiger partial charge in [0.25, 0.3) is 12.3 Å². The largest absolute Gasteiger partial charge is 0.435 e. The van der Waals surface area contributed by atoms with E-state index in [1.807, 2.05) is 4.90 Å². The number of carbonyl (C=O) groups is 1. The molecule has 1 saturated heterocycles. The third-order valence-corrected chi connectivity index (χ3v) is 5.23. The first-order chi connectivity index (χ1) is 15.3. The van der Waals surface area contributed by atoms with E-state index in [9.17, 15) is 22.4 Å². The topological polar surface area (TPSA) is 88.6 Å². The summed E-state index contributed by atoms with van der Waals surface area (Å²) in [5.41, 5.74) is -0.325. The van der Waals surface area contributed by atoms with Crippen molar-refractivity contribution in [2.75, 3.05) is 50.1 Å². The Hall–Kier alpha value is -2.99. The van der Waals surface area contributed by atoms with Crippen LogP contribution in [0.1, 0.15) is 17.2 Å². The zero-order valence-corrected chi connectivity index (χ0v) is 17.1. The fourth-order valence-corrected chi connectivity index (χ4v) is 3.75. The number of pyridine rings is 2. The minimum absolute atomic E-state index is 0.0378. The van der Waals surface area contributed by atoms with Gasteiger partial charge in [0.1, 0.15) is 18.2 Å². The molecule has 8 nitrogen and oxygen atoms in total. The maximum atomic E-state index is 14.8. The van der Waals surface area contributed by atoms with E-state index in [0.29, 0.717) is 26.2 Å². The number of carbonyl (C=O) groups excluding carboxylic acids is 1. The third-order valence-electron chi connectivity index (χ3n) is 5.23. The normalized spacial score (nSPS) is 18.9. The Kier molecular flexibility index (Phi) is 6.15. The molecule has 12 heteroatoms. The van der Waals surface area contributed by atoms with Gasteiger partial charge in [-0.05, 0) is 18.2 Å². The van der Waals surface area contributed by atoms with Gasteiger partial charge in [0.15, 0.2) is 6.10 Å². The van der Waals surface area contributed by atoms with Crippen LogP contribution < -0.4 is 15.5 Å². The smallest absolute Gasteiger partial charge is 0.413 e. The molecule has 2 aromatic rings. The van der Waals surface area contributed by atoms with Gasteiger partial charge in [-0.1, -0.05) is 0 Å². The maximum absolute atomic E-state index is 14.8. The molecule has 2 aromatic heterocycles. The Balaban J connectivity index is 1.88. The SMILES string of the molecule is COCC(F)(F)c1cc(-c2ccnc3c2[C@H](C(F)F)OC(=O)N3)nc(N2CCNCC2)c1. The Bertz CT molecular complexity index is 1000. The molecule has 0 aromatic carbocycles.